The number of carbonyl (C=O) groups excluding carboxylic acids is 4. The second-order valence-electron chi connectivity index (χ2n) is 16.2. The van der Waals surface area contributed by atoms with Crippen molar-refractivity contribution < 1.29 is 76.9 Å². The van der Waals surface area contributed by atoms with Gasteiger partial charge in [-0.3, -0.25) is 0 Å². The monoisotopic (exact) mass is 934 g/mol. The van der Waals surface area contributed by atoms with E-state index < -0.39 is 35.8 Å². The lowest BCUT2D eigenvalue weighted by Crippen LogP contribution is -2.20. The fraction of sp³-hybridized carbons (Fsp3) is 0.308. The zero-order valence-corrected chi connectivity index (χ0v) is 40.9. The molecule has 0 radical (unpaired) electrons. The Bertz CT molecular complexity index is 2800. The second kappa shape index (κ2) is 19.9. The van der Waals surface area contributed by atoms with Crippen LogP contribution in [0.2, 0.25) is 0 Å². The fourth-order valence-electron chi connectivity index (χ4n) is 8.61. The normalized spacial score (nSPS) is 10.8. The molecule has 0 aliphatic carbocycles. The van der Waals surface area contributed by atoms with E-state index >= 15 is 0 Å². The lowest BCUT2D eigenvalue weighted by atomic mass is 9.92. The number of hydrogen-bond acceptors (Lipinski definition) is 14. The van der Waals surface area contributed by atoms with Gasteiger partial charge in [0.25, 0.3) is 0 Å². The first-order chi connectivity index (χ1) is 31.9. The van der Waals surface area contributed by atoms with Gasteiger partial charge in [-0.1, -0.05) is 6.07 Å². The van der Waals surface area contributed by atoms with E-state index in [1.54, 1.807) is 83.1 Å². The van der Waals surface area contributed by atoms with Crippen molar-refractivity contribution in [2.24, 2.45) is 0 Å². The molecule has 0 amide bonds. The Hall–Kier alpha value is -7.88. The van der Waals surface area contributed by atoms with Crippen LogP contribution in [0.3, 0.4) is 0 Å². The highest BCUT2D eigenvalue weighted by atomic mass is 16.6. The molecule has 0 fully saturated rings. The molecule has 16 heteroatoms. The van der Waals surface area contributed by atoms with Crippen LogP contribution < -0.4 is 37.9 Å². The molecule has 0 aliphatic heterocycles. The van der Waals surface area contributed by atoms with E-state index in [9.17, 15) is 39.0 Å². The molecule has 0 bridgehead atoms. The van der Waals surface area contributed by atoms with Crippen molar-refractivity contribution in [3.8, 4) is 46.0 Å². The number of aromatic carboxylic acids is 2. The Morgan fingerprint density at radius 1 is 0.324 bits per heavy atom. The highest BCUT2D eigenvalue weighted by molar-refractivity contribution is 6.04. The molecule has 68 heavy (non-hydrogen) atoms. The molecule has 2 N–H and O–H groups in total. The molecule has 0 aromatic heterocycles. The molecule has 5 aromatic rings. The van der Waals surface area contributed by atoms with Gasteiger partial charge in [-0.25, -0.2) is 28.8 Å². The molecule has 0 spiro atoms. The van der Waals surface area contributed by atoms with E-state index in [1.807, 2.05) is 0 Å². The molecule has 0 saturated carbocycles. The van der Waals surface area contributed by atoms with Gasteiger partial charge in [0.15, 0.2) is 0 Å². The minimum Gasteiger partial charge on any atom is -0.496 e. The summed E-state index contributed by atoms with van der Waals surface area (Å²) in [7, 11) is 5.35. The lowest BCUT2D eigenvalue weighted by molar-refractivity contribution is 0.0679. The molecule has 0 atom stereocenters. The van der Waals surface area contributed by atoms with Crippen LogP contribution in [0.25, 0.3) is 0 Å². The number of hydrogen-bond donors (Lipinski definition) is 2. The molecule has 0 unspecified atom stereocenters. The summed E-state index contributed by atoms with van der Waals surface area (Å²) in [6, 6.07) is 5.86. The van der Waals surface area contributed by atoms with Crippen LogP contribution in [-0.2, 0) is 0 Å². The molecule has 5 rings (SSSR count). The third-order valence-electron chi connectivity index (χ3n) is 12.6. The summed E-state index contributed by atoms with van der Waals surface area (Å²) >= 11 is 0. The van der Waals surface area contributed by atoms with Crippen molar-refractivity contribution in [3.05, 3.63) is 124 Å². The standard InChI is InChI=1S/C52H54O16/c1-21-23(3)39(51(59)67-41-27(7)25(5)37(47(53)54)45(63-15)31(41)11)43(61-13)29(9)35(21)49(57)65-33-18-17-19-34(20-33)66-50(58)36-22(2)24(4)40(44(62-14)30(36)10)52(60)68-42-28(8)26(6)38(48(55)56)46(64-16)32(42)12/h17-20H,1-16H3,(H,53,54)(H,55,56). The van der Waals surface area contributed by atoms with E-state index in [-0.39, 0.29) is 90.5 Å². The second-order valence-corrected chi connectivity index (χ2v) is 16.2. The van der Waals surface area contributed by atoms with E-state index in [2.05, 4.69) is 0 Å². The smallest absolute Gasteiger partial charge is 0.347 e. The molecule has 0 aliphatic rings. The Balaban J connectivity index is 1.43. The topological polar surface area (TPSA) is 217 Å². The largest absolute Gasteiger partial charge is 0.496 e. The highest BCUT2D eigenvalue weighted by Crippen LogP contribution is 2.42. The number of carboxylic acid groups (broad SMARTS) is 2. The van der Waals surface area contributed by atoms with E-state index in [0.29, 0.717) is 55.6 Å². The molecular formula is C52H54O16. The van der Waals surface area contributed by atoms with Crippen LogP contribution in [0.15, 0.2) is 24.3 Å². The first kappa shape index (κ1) is 51.1. The molecule has 5 aromatic carbocycles. The van der Waals surface area contributed by atoms with E-state index in [4.69, 9.17) is 37.9 Å². The van der Waals surface area contributed by atoms with Crippen molar-refractivity contribution in [2.45, 2.75) is 83.1 Å². The minimum atomic E-state index is -1.19. The summed E-state index contributed by atoms with van der Waals surface area (Å²) in [5.74, 6) is -5.10. The number of ether oxygens (including phenoxy) is 8. The van der Waals surface area contributed by atoms with Crippen LogP contribution in [0.5, 0.6) is 46.0 Å². The van der Waals surface area contributed by atoms with Gasteiger partial charge < -0.3 is 48.1 Å². The van der Waals surface area contributed by atoms with Crippen molar-refractivity contribution in [3.63, 3.8) is 0 Å². The number of rotatable bonds is 14. The zero-order chi connectivity index (χ0) is 51.0. The van der Waals surface area contributed by atoms with Gasteiger partial charge in [-0.15, -0.1) is 0 Å². The minimum absolute atomic E-state index is 0.0217. The van der Waals surface area contributed by atoms with Crippen LogP contribution in [0.1, 0.15) is 129 Å². The Morgan fingerprint density at radius 3 is 0.882 bits per heavy atom. The van der Waals surface area contributed by atoms with Crippen LogP contribution in [-0.4, -0.2) is 74.5 Å². The maximum atomic E-state index is 14.0. The molecule has 16 nitrogen and oxygen atoms in total. The first-order valence-corrected chi connectivity index (χ1v) is 21.1. The van der Waals surface area contributed by atoms with Gasteiger partial charge in [0.05, 0.1) is 39.6 Å². The van der Waals surface area contributed by atoms with Crippen LogP contribution >= 0.6 is 0 Å². The van der Waals surface area contributed by atoms with Crippen molar-refractivity contribution in [1.82, 2.24) is 0 Å². The summed E-state index contributed by atoms with van der Waals surface area (Å²) in [6.07, 6.45) is 0. The zero-order valence-electron chi connectivity index (χ0n) is 40.9. The predicted molar refractivity (Wildman–Crippen MR) is 249 cm³/mol. The maximum absolute atomic E-state index is 14.0. The Morgan fingerprint density at radius 2 is 0.588 bits per heavy atom. The Labute approximate surface area is 393 Å². The van der Waals surface area contributed by atoms with Gasteiger partial charge in [-0.2, -0.15) is 0 Å². The summed E-state index contributed by atoms with van der Waals surface area (Å²) < 4.78 is 45.7. The molecule has 358 valence electrons. The number of esters is 4. The number of carboxylic acids is 2. The third-order valence-corrected chi connectivity index (χ3v) is 12.6. The quantitative estimate of drug-likeness (QED) is 0.0782. The van der Waals surface area contributed by atoms with Gasteiger partial charge in [0.2, 0.25) is 0 Å². The number of methoxy groups -OCH3 is 4. The summed E-state index contributed by atoms with van der Waals surface area (Å²) in [4.78, 5) is 80.0. The van der Waals surface area contributed by atoms with Gasteiger partial charge in [-0.05, 0) is 140 Å². The van der Waals surface area contributed by atoms with Crippen LogP contribution in [0, 0.1) is 83.1 Å². The predicted octanol–water partition coefficient (Wildman–Crippen LogP) is 9.70. The average Bonchev–Trinajstić information content (AvgIpc) is 3.28. The summed E-state index contributed by atoms with van der Waals surface area (Å²) in [5.41, 5.74) is 4.46. The van der Waals surface area contributed by atoms with Gasteiger partial charge in [0, 0.05) is 28.3 Å². The van der Waals surface area contributed by atoms with Crippen LogP contribution in [0.4, 0.5) is 0 Å². The third kappa shape index (κ3) is 8.88. The maximum Gasteiger partial charge on any atom is 0.347 e. The first-order valence-electron chi connectivity index (χ1n) is 21.1. The van der Waals surface area contributed by atoms with Crippen molar-refractivity contribution in [2.75, 3.05) is 28.4 Å². The summed E-state index contributed by atoms with van der Waals surface area (Å²) in [6.45, 7) is 19.4. The van der Waals surface area contributed by atoms with Gasteiger partial charge >= 0.3 is 35.8 Å². The number of benzene rings is 5. The van der Waals surface area contributed by atoms with Crippen molar-refractivity contribution in [1.29, 1.82) is 0 Å². The molecule has 0 heterocycles. The fourth-order valence-corrected chi connectivity index (χ4v) is 8.61. The SMILES string of the molecule is COc1c(C)c(OC(=O)c2c(C)c(C)c(C(=O)Oc3cccc(OC(=O)c4c(C)c(C)c(C(=O)Oc5c(C)c(C)c(C(=O)O)c(OC)c5C)c(OC)c4C)c3)c(C)c2OC)c(C)c(C)c1C(=O)O. The van der Waals surface area contributed by atoms with Gasteiger partial charge in [0.1, 0.15) is 68.2 Å². The van der Waals surface area contributed by atoms with E-state index in [1.165, 1.54) is 52.7 Å². The van der Waals surface area contributed by atoms with E-state index in [0.717, 1.165) is 0 Å². The number of carbonyl (C=O) groups is 6. The molecule has 0 saturated heterocycles. The average molecular weight is 935 g/mol. The Kier molecular flexibility index (Phi) is 15.0. The summed E-state index contributed by atoms with van der Waals surface area (Å²) in [5, 5.41) is 19.7. The molecular weight excluding hydrogens is 881 g/mol. The lowest BCUT2D eigenvalue weighted by Gasteiger charge is -2.22. The van der Waals surface area contributed by atoms with Crippen molar-refractivity contribution >= 4 is 35.8 Å². The highest BCUT2D eigenvalue weighted by Gasteiger charge is 2.33.